The van der Waals surface area contributed by atoms with E-state index < -0.39 is 72.7 Å². The third-order valence-electron chi connectivity index (χ3n) is 4.61. The number of benzene rings is 2. The van der Waals surface area contributed by atoms with Crippen molar-refractivity contribution in [2.75, 3.05) is 66.6 Å². The predicted molar refractivity (Wildman–Crippen MR) is 130 cm³/mol. The second-order valence-corrected chi connectivity index (χ2v) is 9.67. The van der Waals surface area contributed by atoms with Gasteiger partial charge in [-0.15, -0.1) is 0 Å². The Morgan fingerprint density at radius 3 is 1.81 bits per heavy atom. The topological polar surface area (TPSA) is 137 Å². The minimum atomic E-state index is -4.85. The maximum Gasteiger partial charge on any atom is 0.265 e. The number of rotatable bonds is 20. The number of carbonyl (C=O) groups excluding carboxylic acids is 1. The van der Waals surface area contributed by atoms with E-state index in [0.29, 0.717) is 18.7 Å². The first-order chi connectivity index (χ1) is 20.0. The molecule has 0 heterocycles. The first-order valence-corrected chi connectivity index (χ1v) is 13.5. The van der Waals surface area contributed by atoms with E-state index in [9.17, 15) is 35.2 Å². The maximum atomic E-state index is 14.4. The zero-order valence-corrected chi connectivity index (χ0v) is 23.3. The van der Waals surface area contributed by atoms with Gasteiger partial charge in [0.05, 0.1) is 23.8 Å². The molecule has 19 heteroatoms. The fraction of sp³-hybridized carbons (Fsp3) is 0.435. The molecule has 0 atom stereocenters. The summed E-state index contributed by atoms with van der Waals surface area (Å²) in [7, 11) is -3.33. The van der Waals surface area contributed by atoms with Crippen molar-refractivity contribution in [2.45, 2.75) is 4.90 Å². The van der Waals surface area contributed by atoms with E-state index in [1.165, 1.54) is 7.11 Å². The van der Waals surface area contributed by atoms with Crippen LogP contribution in [0.15, 0.2) is 23.1 Å². The summed E-state index contributed by atoms with van der Waals surface area (Å²) in [6, 6.07) is 0.683. The van der Waals surface area contributed by atoms with Crippen molar-refractivity contribution >= 4 is 27.5 Å². The van der Waals surface area contributed by atoms with Gasteiger partial charge in [-0.25, -0.2) is 64.4 Å². The Morgan fingerprint density at radius 1 is 0.738 bits per heavy atom. The number of nitrogens with one attached hydrogen (secondary N) is 1. The lowest BCUT2D eigenvalue weighted by Crippen LogP contribution is -2.34. The third-order valence-corrected chi connectivity index (χ3v) is 6.45. The Kier molecular flexibility index (Phi) is 15.5. The Bertz CT molecular complexity index is 1290. The van der Waals surface area contributed by atoms with Crippen molar-refractivity contribution in [1.82, 2.24) is 4.72 Å². The third kappa shape index (κ3) is 11.3. The first kappa shape index (κ1) is 35.7. The van der Waals surface area contributed by atoms with Crippen molar-refractivity contribution in [3.8, 4) is 11.1 Å². The molecule has 0 spiro atoms. The van der Waals surface area contributed by atoms with E-state index in [1.54, 1.807) is 4.72 Å². The zero-order chi connectivity index (χ0) is 31.1. The van der Waals surface area contributed by atoms with Crippen LogP contribution in [0.4, 0.5) is 22.0 Å². The summed E-state index contributed by atoms with van der Waals surface area (Å²) in [5, 5.41) is -0.777. The zero-order valence-electron chi connectivity index (χ0n) is 21.8. The summed E-state index contributed by atoms with van der Waals surface area (Å²) in [6.45, 7) is -0.400. The number of amides is 1. The molecule has 42 heavy (non-hydrogen) atoms. The van der Waals surface area contributed by atoms with Gasteiger partial charge in [-0.1, -0.05) is 11.6 Å². The van der Waals surface area contributed by atoms with E-state index >= 15 is 0 Å². The highest BCUT2D eigenvalue weighted by Crippen LogP contribution is 2.35. The second kappa shape index (κ2) is 18.2. The van der Waals surface area contributed by atoms with E-state index in [-0.39, 0.29) is 52.3 Å². The van der Waals surface area contributed by atoms with Crippen LogP contribution in [0, 0.1) is 29.1 Å². The van der Waals surface area contributed by atoms with Crippen LogP contribution >= 0.6 is 11.6 Å². The van der Waals surface area contributed by atoms with Crippen LogP contribution in [-0.2, 0) is 53.6 Å². The van der Waals surface area contributed by atoms with E-state index in [2.05, 4.69) is 0 Å². The molecule has 0 aliphatic carbocycles. The highest BCUT2D eigenvalue weighted by molar-refractivity contribution is 7.90. The van der Waals surface area contributed by atoms with Gasteiger partial charge in [0.15, 0.2) is 17.5 Å². The molecule has 0 bridgehead atoms. The van der Waals surface area contributed by atoms with Gasteiger partial charge >= 0.3 is 0 Å². The first-order valence-electron chi connectivity index (χ1n) is 11.7. The molecule has 0 aliphatic rings. The van der Waals surface area contributed by atoms with Crippen molar-refractivity contribution in [3.63, 3.8) is 0 Å². The number of hydrogen-bond donors (Lipinski definition) is 1. The molecule has 0 aromatic heterocycles. The maximum absolute atomic E-state index is 14.4. The molecule has 0 radical (unpaired) electrons. The predicted octanol–water partition coefficient (Wildman–Crippen LogP) is 3.02. The highest BCUT2D eigenvalue weighted by Gasteiger charge is 2.27. The molecule has 2 rings (SSSR count). The van der Waals surface area contributed by atoms with Gasteiger partial charge in [0.2, 0.25) is 0 Å². The highest BCUT2D eigenvalue weighted by atomic mass is 35.5. The molecular weight excluding hydrogens is 629 g/mol. The largest absolute Gasteiger partial charge is 0.382 e. The number of hydrogen-bond acceptors (Lipinski definition) is 11. The fourth-order valence-corrected chi connectivity index (χ4v) is 4.35. The molecular formula is C23H25ClF5NO11S. The quantitative estimate of drug-likeness (QED) is 0.0564. The summed E-state index contributed by atoms with van der Waals surface area (Å²) in [5.74, 6) is -10.5. The van der Waals surface area contributed by atoms with Crippen molar-refractivity contribution in [1.29, 1.82) is 0 Å². The average molecular weight is 654 g/mol. The van der Waals surface area contributed by atoms with Gasteiger partial charge in [0.1, 0.15) is 62.8 Å². The number of sulfonamides is 1. The van der Waals surface area contributed by atoms with Crippen LogP contribution < -0.4 is 4.72 Å². The Labute approximate surface area is 241 Å². The lowest BCUT2D eigenvalue weighted by atomic mass is 10.0. The van der Waals surface area contributed by atoms with Crippen LogP contribution in [0.5, 0.6) is 0 Å². The lowest BCUT2D eigenvalue weighted by Gasteiger charge is -2.13. The molecule has 0 unspecified atom stereocenters. The standard InChI is InChI=1S/C23H25ClF5NO11S/c1-34-2-4-36-38-6-8-40-41-9-7-39-37-5-3-35-13-20(31)30-42(32,33)19-10-14(16(25)11-15(19)24)21-17(26)12-18(27)22(28)23(21)29/h10-12H,2-9,13H2,1H3,(H,30,31). The summed E-state index contributed by atoms with van der Waals surface area (Å²) in [6.07, 6.45) is 0. The van der Waals surface area contributed by atoms with Gasteiger partial charge in [0, 0.05) is 18.7 Å². The van der Waals surface area contributed by atoms with E-state index in [1.807, 2.05) is 0 Å². The van der Waals surface area contributed by atoms with Crippen LogP contribution in [-0.4, -0.2) is 80.9 Å². The number of ether oxygens (including phenoxy) is 2. The molecule has 12 nitrogen and oxygen atoms in total. The average Bonchev–Trinajstić information content (AvgIpc) is 2.92. The summed E-state index contributed by atoms with van der Waals surface area (Å²) < 4.78 is 106. The SMILES string of the molecule is COCCOOCCOOCCOOCCOCC(=O)NS(=O)(=O)c1cc(-c2c(F)cc(F)c(F)c2F)c(F)cc1Cl. The van der Waals surface area contributed by atoms with Gasteiger partial charge in [0.25, 0.3) is 15.9 Å². The van der Waals surface area contributed by atoms with Crippen molar-refractivity contribution < 1.29 is 74.0 Å². The monoisotopic (exact) mass is 653 g/mol. The Hall–Kier alpha value is -2.52. The van der Waals surface area contributed by atoms with Gasteiger partial charge in [-0.3, -0.25) is 4.79 Å². The smallest absolute Gasteiger partial charge is 0.265 e. The normalized spacial score (nSPS) is 11.7. The molecule has 1 amide bonds. The van der Waals surface area contributed by atoms with Crippen LogP contribution in [0.2, 0.25) is 5.02 Å². The summed E-state index contributed by atoms with van der Waals surface area (Å²) in [4.78, 5) is 39.6. The minimum absolute atomic E-state index is 0.00526. The summed E-state index contributed by atoms with van der Waals surface area (Å²) in [5.41, 5.74) is -2.48. The molecule has 0 aliphatic heterocycles. The molecule has 2 aromatic carbocycles. The van der Waals surface area contributed by atoms with Gasteiger partial charge in [-0.05, 0) is 12.1 Å². The van der Waals surface area contributed by atoms with Crippen LogP contribution in [0.25, 0.3) is 11.1 Å². The summed E-state index contributed by atoms with van der Waals surface area (Å²) >= 11 is 5.76. The van der Waals surface area contributed by atoms with Gasteiger partial charge < -0.3 is 9.47 Å². The van der Waals surface area contributed by atoms with Gasteiger partial charge in [-0.2, -0.15) is 0 Å². The van der Waals surface area contributed by atoms with Crippen LogP contribution in [0.1, 0.15) is 0 Å². The molecule has 0 fully saturated rings. The van der Waals surface area contributed by atoms with E-state index in [0.717, 1.165) is 0 Å². The molecule has 0 saturated heterocycles. The van der Waals surface area contributed by atoms with Crippen molar-refractivity contribution in [3.05, 3.63) is 52.3 Å². The van der Waals surface area contributed by atoms with Crippen molar-refractivity contribution in [2.24, 2.45) is 0 Å². The fourth-order valence-electron chi connectivity index (χ4n) is 2.84. The second-order valence-electron chi connectivity index (χ2n) is 7.61. The number of carbonyl (C=O) groups is 1. The minimum Gasteiger partial charge on any atom is -0.382 e. The Balaban J connectivity index is 1.74. The number of halogens is 6. The van der Waals surface area contributed by atoms with E-state index in [4.69, 9.17) is 50.4 Å². The molecule has 1 N–H and O–H groups in total. The molecule has 236 valence electrons. The number of methoxy groups -OCH3 is 1. The lowest BCUT2D eigenvalue weighted by molar-refractivity contribution is -0.360. The molecule has 0 saturated carbocycles. The Morgan fingerprint density at radius 2 is 1.26 bits per heavy atom. The molecule has 2 aromatic rings. The van der Waals surface area contributed by atoms with Crippen LogP contribution in [0.3, 0.4) is 0 Å².